The van der Waals surface area contributed by atoms with Crippen LogP contribution >= 0.6 is 11.6 Å². The van der Waals surface area contributed by atoms with Crippen molar-refractivity contribution in [3.05, 3.63) is 53.4 Å². The summed E-state index contributed by atoms with van der Waals surface area (Å²) >= 11 is 6.09. The minimum atomic E-state index is -0.195. The van der Waals surface area contributed by atoms with Gasteiger partial charge in [0.15, 0.2) is 6.61 Å². The Labute approximate surface area is 177 Å². The first-order valence-corrected chi connectivity index (χ1v) is 10.0. The van der Waals surface area contributed by atoms with Gasteiger partial charge < -0.3 is 18.9 Å². The SMILES string of the molecule is O=C1COc2ccc(Cl)cc2N1Cc1nc(-c2ccc(N3CCOCC3)cc2)no1. The van der Waals surface area contributed by atoms with Gasteiger partial charge in [-0.15, -0.1) is 0 Å². The largest absolute Gasteiger partial charge is 0.482 e. The van der Waals surface area contributed by atoms with Gasteiger partial charge in [-0.2, -0.15) is 4.98 Å². The zero-order chi connectivity index (χ0) is 20.5. The number of fused-ring (bicyclic) bond motifs is 1. The van der Waals surface area contributed by atoms with Crippen molar-refractivity contribution in [3.8, 4) is 17.1 Å². The summed E-state index contributed by atoms with van der Waals surface area (Å²) in [6.45, 7) is 3.34. The molecule has 0 atom stereocenters. The topological polar surface area (TPSA) is 80.9 Å². The van der Waals surface area contributed by atoms with Crippen molar-refractivity contribution in [3.63, 3.8) is 0 Å². The predicted molar refractivity (Wildman–Crippen MR) is 111 cm³/mol. The number of nitrogens with zero attached hydrogens (tertiary/aromatic N) is 4. The first-order valence-electron chi connectivity index (χ1n) is 9.66. The van der Waals surface area contributed by atoms with Crippen LogP contribution in [0.4, 0.5) is 11.4 Å². The fourth-order valence-corrected chi connectivity index (χ4v) is 3.73. The van der Waals surface area contributed by atoms with E-state index in [1.165, 1.54) is 0 Å². The third kappa shape index (κ3) is 3.71. The van der Waals surface area contributed by atoms with Gasteiger partial charge in [0.2, 0.25) is 11.7 Å². The van der Waals surface area contributed by atoms with Crippen LogP contribution in [0, 0.1) is 0 Å². The molecule has 2 aromatic carbocycles. The van der Waals surface area contributed by atoms with Crippen LogP contribution in [-0.2, 0) is 16.1 Å². The summed E-state index contributed by atoms with van der Waals surface area (Å²) < 4.78 is 16.3. The number of carbonyl (C=O) groups is 1. The molecule has 0 spiro atoms. The molecular formula is C21H19ClN4O4. The van der Waals surface area contributed by atoms with E-state index < -0.39 is 0 Å². The summed E-state index contributed by atoms with van der Waals surface area (Å²) in [4.78, 5) is 20.7. The fraction of sp³-hybridized carbons (Fsp3) is 0.286. The number of anilines is 2. The average Bonchev–Trinajstić information content (AvgIpc) is 3.25. The van der Waals surface area contributed by atoms with Gasteiger partial charge in [-0.1, -0.05) is 16.8 Å². The summed E-state index contributed by atoms with van der Waals surface area (Å²) in [7, 11) is 0. The van der Waals surface area contributed by atoms with Crippen LogP contribution in [0.3, 0.4) is 0 Å². The van der Waals surface area contributed by atoms with E-state index in [0.29, 0.717) is 28.2 Å². The van der Waals surface area contributed by atoms with E-state index in [0.717, 1.165) is 37.6 Å². The fourth-order valence-electron chi connectivity index (χ4n) is 3.56. The Hall–Kier alpha value is -3.10. The highest BCUT2D eigenvalue weighted by molar-refractivity contribution is 6.31. The lowest BCUT2D eigenvalue weighted by Gasteiger charge is -2.28. The number of halogens is 1. The Bertz CT molecular complexity index is 1060. The molecule has 0 N–H and O–H groups in total. The molecule has 1 fully saturated rings. The number of amides is 1. The molecule has 0 radical (unpaired) electrons. The average molecular weight is 427 g/mol. The zero-order valence-corrected chi connectivity index (χ0v) is 16.8. The molecule has 0 saturated carbocycles. The minimum absolute atomic E-state index is 0.0430. The van der Waals surface area contributed by atoms with Gasteiger partial charge in [0.25, 0.3) is 5.91 Å². The lowest BCUT2D eigenvalue weighted by molar-refractivity contribution is -0.121. The Morgan fingerprint density at radius 1 is 1.07 bits per heavy atom. The molecule has 2 aliphatic heterocycles. The van der Waals surface area contributed by atoms with Crippen molar-refractivity contribution in [1.29, 1.82) is 0 Å². The van der Waals surface area contributed by atoms with E-state index in [9.17, 15) is 4.79 Å². The van der Waals surface area contributed by atoms with Gasteiger partial charge in [-0.25, -0.2) is 0 Å². The minimum Gasteiger partial charge on any atom is -0.482 e. The summed E-state index contributed by atoms with van der Waals surface area (Å²) in [5.41, 5.74) is 2.57. The standard InChI is InChI=1S/C21H19ClN4O4/c22-15-3-6-18-17(11-15)26(20(27)13-29-18)12-19-23-21(24-30-19)14-1-4-16(5-2-14)25-7-9-28-10-8-25/h1-6,11H,7-10,12-13H2. The molecule has 154 valence electrons. The van der Waals surface area contributed by atoms with Gasteiger partial charge in [0, 0.05) is 29.4 Å². The maximum Gasteiger partial charge on any atom is 0.265 e. The number of morpholine rings is 1. The van der Waals surface area contributed by atoms with Crippen LogP contribution in [-0.4, -0.2) is 49.0 Å². The second-order valence-corrected chi connectivity index (χ2v) is 7.48. The molecule has 1 aromatic heterocycles. The molecule has 0 unspecified atom stereocenters. The van der Waals surface area contributed by atoms with Crippen LogP contribution in [0.25, 0.3) is 11.4 Å². The van der Waals surface area contributed by atoms with E-state index in [1.807, 2.05) is 24.3 Å². The number of benzene rings is 2. The van der Waals surface area contributed by atoms with Crippen LogP contribution in [0.15, 0.2) is 47.0 Å². The molecule has 1 amide bonds. The molecule has 30 heavy (non-hydrogen) atoms. The maximum absolute atomic E-state index is 12.4. The number of rotatable bonds is 4. The Morgan fingerprint density at radius 2 is 1.87 bits per heavy atom. The lowest BCUT2D eigenvalue weighted by atomic mass is 10.2. The molecule has 1 saturated heterocycles. The highest BCUT2D eigenvalue weighted by atomic mass is 35.5. The highest BCUT2D eigenvalue weighted by Gasteiger charge is 2.27. The molecule has 3 aromatic rings. The lowest BCUT2D eigenvalue weighted by Crippen LogP contribution is -2.38. The smallest absolute Gasteiger partial charge is 0.265 e. The van der Waals surface area contributed by atoms with Crippen molar-refractivity contribution < 1.29 is 18.8 Å². The molecule has 2 aliphatic rings. The van der Waals surface area contributed by atoms with E-state index in [4.69, 9.17) is 25.6 Å². The quantitative estimate of drug-likeness (QED) is 0.633. The molecular weight excluding hydrogens is 408 g/mol. The van der Waals surface area contributed by atoms with Gasteiger partial charge in [-0.05, 0) is 42.5 Å². The number of hydrogen-bond donors (Lipinski definition) is 0. The Balaban J connectivity index is 1.34. The first kappa shape index (κ1) is 18.9. The highest BCUT2D eigenvalue weighted by Crippen LogP contribution is 2.35. The van der Waals surface area contributed by atoms with Crippen LogP contribution in [0.1, 0.15) is 5.89 Å². The van der Waals surface area contributed by atoms with Crippen LogP contribution in [0.2, 0.25) is 5.02 Å². The molecule has 0 aliphatic carbocycles. The van der Waals surface area contributed by atoms with Crippen molar-refractivity contribution in [1.82, 2.24) is 10.1 Å². The number of hydrogen-bond acceptors (Lipinski definition) is 7. The van der Waals surface area contributed by atoms with E-state index >= 15 is 0 Å². The third-order valence-corrected chi connectivity index (χ3v) is 5.36. The third-order valence-electron chi connectivity index (χ3n) is 5.13. The number of carbonyl (C=O) groups excluding carboxylic acids is 1. The van der Waals surface area contributed by atoms with E-state index in [2.05, 4.69) is 15.0 Å². The van der Waals surface area contributed by atoms with Crippen LogP contribution < -0.4 is 14.5 Å². The second-order valence-electron chi connectivity index (χ2n) is 7.04. The van der Waals surface area contributed by atoms with Gasteiger partial charge in [0.1, 0.15) is 12.3 Å². The van der Waals surface area contributed by atoms with Crippen molar-refractivity contribution in [2.75, 3.05) is 42.7 Å². The molecule has 0 bridgehead atoms. The summed E-state index contributed by atoms with van der Waals surface area (Å²) in [5, 5.41) is 4.59. The summed E-state index contributed by atoms with van der Waals surface area (Å²) in [5.74, 6) is 1.21. The summed E-state index contributed by atoms with van der Waals surface area (Å²) in [6.07, 6.45) is 0. The van der Waals surface area contributed by atoms with Gasteiger partial charge in [0.05, 0.1) is 18.9 Å². The second kappa shape index (κ2) is 7.97. The first-order chi connectivity index (χ1) is 14.7. The molecule has 8 nitrogen and oxygen atoms in total. The molecule has 5 rings (SSSR count). The van der Waals surface area contributed by atoms with Crippen LogP contribution in [0.5, 0.6) is 5.75 Å². The number of ether oxygens (including phenoxy) is 2. The van der Waals surface area contributed by atoms with Gasteiger partial charge in [-0.3, -0.25) is 9.69 Å². The molecule has 3 heterocycles. The van der Waals surface area contributed by atoms with Crippen molar-refractivity contribution in [2.45, 2.75) is 6.54 Å². The normalized spacial score (nSPS) is 16.4. The monoisotopic (exact) mass is 426 g/mol. The predicted octanol–water partition coefficient (Wildman–Crippen LogP) is 3.15. The molecule has 9 heteroatoms. The van der Waals surface area contributed by atoms with E-state index in [1.54, 1.807) is 23.1 Å². The Kier molecular flexibility index (Phi) is 5.02. The Morgan fingerprint density at radius 3 is 2.67 bits per heavy atom. The van der Waals surface area contributed by atoms with Gasteiger partial charge >= 0.3 is 0 Å². The van der Waals surface area contributed by atoms with Crippen molar-refractivity contribution in [2.24, 2.45) is 0 Å². The van der Waals surface area contributed by atoms with E-state index in [-0.39, 0.29) is 19.1 Å². The zero-order valence-electron chi connectivity index (χ0n) is 16.1. The van der Waals surface area contributed by atoms with Crippen molar-refractivity contribution >= 4 is 28.9 Å². The maximum atomic E-state index is 12.4. The summed E-state index contributed by atoms with van der Waals surface area (Å²) in [6, 6.07) is 13.2. The number of aromatic nitrogens is 2.